The van der Waals surface area contributed by atoms with Crippen molar-refractivity contribution in [2.24, 2.45) is 4.99 Å². The number of aromatic nitrogens is 2. The summed E-state index contributed by atoms with van der Waals surface area (Å²) in [5, 5.41) is 31.1. The van der Waals surface area contributed by atoms with Crippen molar-refractivity contribution in [1.29, 1.82) is 0 Å². The number of Topliss-reactive ketones (excluding diaryl/α,β-unsaturated/α-hetero) is 1. The molecule has 0 amide bonds. The maximum atomic E-state index is 11.8. The average Bonchev–Trinajstić information content (AvgIpc) is 2.73. The smallest absolute Gasteiger partial charge is 0.327 e. The van der Waals surface area contributed by atoms with Crippen molar-refractivity contribution >= 4 is 23.5 Å². The first-order chi connectivity index (χ1) is 10.8. The normalized spacial score (nSPS) is 27.5. The number of H-pyrrole nitrogens is 2. The largest absolute Gasteiger partial charge is 0.394 e. The number of carbonyl (C=O) groups excluding carboxylic acids is 1. The number of carbonyl (C=O) groups is 1. The summed E-state index contributed by atoms with van der Waals surface area (Å²) in [6, 6.07) is 0. The topological polar surface area (TPSA) is 177 Å². The molecule has 1 unspecified atom stereocenters. The van der Waals surface area contributed by atoms with Crippen LogP contribution in [0.15, 0.2) is 14.6 Å². The number of nitrogens with one attached hydrogen (secondary N) is 3. The molecule has 1 aromatic rings. The zero-order chi connectivity index (χ0) is 17.1. The maximum Gasteiger partial charge on any atom is 0.327 e. The van der Waals surface area contributed by atoms with E-state index in [1.165, 1.54) is 6.92 Å². The van der Waals surface area contributed by atoms with E-state index in [2.05, 4.69) is 15.3 Å². The Labute approximate surface area is 128 Å². The molecule has 0 saturated carbocycles. The minimum absolute atomic E-state index is 0.203. The van der Waals surface area contributed by atoms with E-state index in [0.29, 0.717) is 0 Å². The molecule has 23 heavy (non-hydrogen) atoms. The van der Waals surface area contributed by atoms with Gasteiger partial charge in [0.2, 0.25) is 0 Å². The monoisotopic (exact) mass is 328 g/mol. The Bertz CT molecular complexity index is 725. The minimum Gasteiger partial charge on any atom is -0.394 e. The van der Waals surface area contributed by atoms with Crippen molar-refractivity contribution in [3.05, 3.63) is 20.8 Å². The van der Waals surface area contributed by atoms with Gasteiger partial charge < -0.3 is 25.4 Å². The Hall–Kier alpha value is -2.34. The van der Waals surface area contributed by atoms with Gasteiger partial charge in [-0.2, -0.15) is 0 Å². The van der Waals surface area contributed by atoms with Gasteiger partial charge in [0.15, 0.2) is 17.7 Å². The van der Waals surface area contributed by atoms with Gasteiger partial charge in [0, 0.05) is 6.92 Å². The highest BCUT2D eigenvalue weighted by Crippen LogP contribution is 2.24. The molecule has 0 radical (unpaired) electrons. The Morgan fingerprint density at radius 3 is 2.61 bits per heavy atom. The van der Waals surface area contributed by atoms with E-state index in [0.717, 1.165) is 6.21 Å². The lowest BCUT2D eigenvalue weighted by molar-refractivity contribution is -0.110. The Kier molecular flexibility index (Phi) is 5.05. The first kappa shape index (κ1) is 17.0. The lowest BCUT2D eigenvalue weighted by Gasteiger charge is -2.17. The molecule has 0 spiro atoms. The molecule has 0 aliphatic carbocycles. The van der Waals surface area contributed by atoms with Gasteiger partial charge in [-0.15, -0.1) is 0 Å². The number of hydrogen-bond donors (Lipinski definition) is 6. The molecule has 1 saturated heterocycles. The van der Waals surface area contributed by atoms with Crippen LogP contribution in [0.2, 0.25) is 0 Å². The highest BCUT2D eigenvalue weighted by atomic mass is 16.6. The van der Waals surface area contributed by atoms with Gasteiger partial charge in [-0.25, -0.2) is 9.79 Å². The first-order valence-corrected chi connectivity index (χ1v) is 6.63. The molecule has 0 aromatic carbocycles. The third-order valence-electron chi connectivity index (χ3n) is 3.12. The standard InChI is InChI=1S/C12H16N4O7/c1-4(18)2-13-6-9(15-12(22)16-10(6)21)14-11-8(20)7(19)5(3-17)23-11/h2,5,7-8,11,17,19-20H,3H2,1H3,(H3,14,15,16,21,22)/t5-,7-,8-,11?/m0/s1. The number of ketones is 1. The van der Waals surface area contributed by atoms with Gasteiger partial charge in [-0.1, -0.05) is 0 Å². The summed E-state index contributed by atoms with van der Waals surface area (Å²) in [5.74, 6) is -0.624. The number of rotatable bonds is 5. The molecule has 11 heteroatoms. The van der Waals surface area contributed by atoms with E-state index in [-0.39, 0.29) is 11.5 Å². The van der Waals surface area contributed by atoms with Gasteiger partial charge in [-0.3, -0.25) is 19.6 Å². The number of aliphatic imine (C=N–C) groups is 1. The van der Waals surface area contributed by atoms with Crippen LogP contribution in [0.25, 0.3) is 0 Å². The second-order valence-electron chi connectivity index (χ2n) is 4.90. The molecule has 1 aliphatic rings. The van der Waals surface area contributed by atoms with Crippen LogP contribution in [-0.4, -0.2) is 68.4 Å². The van der Waals surface area contributed by atoms with E-state index in [1.54, 1.807) is 0 Å². The predicted molar refractivity (Wildman–Crippen MR) is 77.9 cm³/mol. The average molecular weight is 328 g/mol. The second kappa shape index (κ2) is 6.83. The number of nitrogens with zero attached hydrogens (tertiary/aromatic N) is 1. The molecule has 4 atom stereocenters. The summed E-state index contributed by atoms with van der Waals surface area (Å²) in [6.45, 7) is 0.695. The van der Waals surface area contributed by atoms with Crippen molar-refractivity contribution in [2.75, 3.05) is 11.9 Å². The Morgan fingerprint density at radius 2 is 2.04 bits per heavy atom. The summed E-state index contributed by atoms with van der Waals surface area (Å²) in [5.41, 5.74) is -2.01. The van der Waals surface area contributed by atoms with Crippen LogP contribution in [0.4, 0.5) is 11.5 Å². The molecule has 0 bridgehead atoms. The number of aliphatic hydroxyl groups excluding tert-OH is 3. The van der Waals surface area contributed by atoms with Crippen molar-refractivity contribution in [3.63, 3.8) is 0 Å². The zero-order valence-corrected chi connectivity index (χ0v) is 12.0. The molecule has 1 aliphatic heterocycles. The van der Waals surface area contributed by atoms with E-state index in [1.807, 2.05) is 4.98 Å². The van der Waals surface area contributed by atoms with Crippen LogP contribution in [0.3, 0.4) is 0 Å². The summed E-state index contributed by atoms with van der Waals surface area (Å²) < 4.78 is 5.19. The Morgan fingerprint density at radius 1 is 1.35 bits per heavy atom. The summed E-state index contributed by atoms with van der Waals surface area (Å²) >= 11 is 0. The molecule has 1 fully saturated rings. The fourth-order valence-corrected chi connectivity index (χ4v) is 2.02. The number of aliphatic hydroxyl groups is 3. The van der Waals surface area contributed by atoms with Crippen molar-refractivity contribution in [3.8, 4) is 0 Å². The van der Waals surface area contributed by atoms with Crippen molar-refractivity contribution < 1.29 is 24.9 Å². The van der Waals surface area contributed by atoms with E-state index < -0.39 is 48.2 Å². The molecule has 126 valence electrons. The molecule has 11 nitrogen and oxygen atoms in total. The second-order valence-corrected chi connectivity index (χ2v) is 4.90. The molecule has 2 rings (SSSR count). The molecule has 2 heterocycles. The number of ether oxygens (including phenoxy) is 1. The number of anilines is 1. The summed E-state index contributed by atoms with van der Waals surface area (Å²) in [7, 11) is 0. The molecule has 1 aromatic heterocycles. The first-order valence-electron chi connectivity index (χ1n) is 6.63. The minimum atomic E-state index is -1.42. The third-order valence-corrected chi connectivity index (χ3v) is 3.12. The summed E-state index contributed by atoms with van der Waals surface area (Å²) in [6.07, 6.45) is -4.12. The quantitative estimate of drug-likeness (QED) is 0.314. The zero-order valence-electron chi connectivity index (χ0n) is 12.0. The van der Waals surface area contributed by atoms with Gasteiger partial charge in [0.05, 0.1) is 12.8 Å². The number of hydrogen-bond acceptors (Lipinski definition) is 9. The van der Waals surface area contributed by atoms with E-state index in [4.69, 9.17) is 9.84 Å². The highest BCUT2D eigenvalue weighted by molar-refractivity contribution is 6.26. The van der Waals surface area contributed by atoms with Gasteiger partial charge >= 0.3 is 5.69 Å². The SMILES string of the molecule is CC(=O)C=Nc1c(NC2O[C@@H](CO)[C@H](O)[C@@H]2O)[nH]c(=O)[nH]c1=O. The van der Waals surface area contributed by atoms with Crippen molar-refractivity contribution in [2.45, 2.75) is 31.5 Å². The van der Waals surface area contributed by atoms with Crippen LogP contribution in [0.1, 0.15) is 6.92 Å². The lowest BCUT2D eigenvalue weighted by Crippen LogP contribution is -2.37. The molecular formula is C12H16N4O7. The van der Waals surface area contributed by atoms with Crippen LogP contribution in [0.5, 0.6) is 0 Å². The Balaban J connectivity index is 2.34. The van der Waals surface area contributed by atoms with Gasteiger partial charge in [0.1, 0.15) is 24.1 Å². The lowest BCUT2D eigenvalue weighted by atomic mass is 10.1. The fraction of sp³-hybridized carbons (Fsp3) is 0.500. The molecular weight excluding hydrogens is 312 g/mol. The highest BCUT2D eigenvalue weighted by Gasteiger charge is 2.42. The van der Waals surface area contributed by atoms with E-state index >= 15 is 0 Å². The third kappa shape index (κ3) is 3.71. The van der Waals surface area contributed by atoms with Crippen LogP contribution in [-0.2, 0) is 9.53 Å². The van der Waals surface area contributed by atoms with Crippen LogP contribution in [0, 0.1) is 0 Å². The summed E-state index contributed by atoms with van der Waals surface area (Å²) in [4.78, 5) is 42.0. The predicted octanol–water partition coefficient (Wildman–Crippen LogP) is -2.79. The number of aromatic amines is 2. The van der Waals surface area contributed by atoms with Crippen LogP contribution >= 0.6 is 0 Å². The molecule has 6 N–H and O–H groups in total. The van der Waals surface area contributed by atoms with Gasteiger partial charge in [0.25, 0.3) is 5.56 Å². The fourth-order valence-electron chi connectivity index (χ4n) is 2.02. The van der Waals surface area contributed by atoms with E-state index in [9.17, 15) is 24.6 Å². The maximum absolute atomic E-state index is 11.8. The van der Waals surface area contributed by atoms with Gasteiger partial charge in [-0.05, 0) is 0 Å². The van der Waals surface area contributed by atoms with Crippen LogP contribution < -0.4 is 16.6 Å². The van der Waals surface area contributed by atoms with Crippen molar-refractivity contribution in [1.82, 2.24) is 9.97 Å².